The second-order valence-electron chi connectivity index (χ2n) is 4.32. The Morgan fingerprint density at radius 2 is 2.17 bits per heavy atom. The maximum absolute atomic E-state index is 6.05. The minimum Gasteiger partial charge on any atom is -0.368 e. The highest BCUT2D eigenvalue weighted by atomic mass is 35.5. The van der Waals surface area contributed by atoms with Crippen LogP contribution < -0.4 is 5.73 Å². The van der Waals surface area contributed by atoms with E-state index in [4.69, 9.17) is 17.3 Å². The van der Waals surface area contributed by atoms with Gasteiger partial charge in [-0.3, -0.25) is 0 Å². The zero-order valence-corrected chi connectivity index (χ0v) is 11.3. The van der Waals surface area contributed by atoms with Crippen molar-refractivity contribution < 1.29 is 0 Å². The molecule has 0 unspecified atom stereocenters. The molecular weight excluding hydrogens is 252 g/mol. The molecule has 2 aromatic heterocycles. The monoisotopic (exact) mass is 266 g/mol. The van der Waals surface area contributed by atoms with Crippen LogP contribution in [0.1, 0.15) is 11.3 Å². The van der Waals surface area contributed by atoms with Gasteiger partial charge in [-0.15, -0.1) is 0 Å². The number of hydrogen-bond donors (Lipinski definition) is 1. The lowest BCUT2D eigenvalue weighted by Crippen LogP contribution is -2.10. The molecule has 0 aliphatic rings. The number of aromatic nitrogens is 4. The van der Waals surface area contributed by atoms with E-state index in [1.165, 1.54) is 6.20 Å². The molecule has 2 heterocycles. The van der Waals surface area contributed by atoms with Crippen LogP contribution in [0.2, 0.25) is 5.02 Å². The Hall–Kier alpha value is -1.66. The van der Waals surface area contributed by atoms with E-state index in [0.29, 0.717) is 10.8 Å². The number of hydrogen-bond acceptors (Lipinski definition) is 5. The number of rotatable bonds is 3. The molecule has 0 radical (unpaired) electrons. The lowest BCUT2D eigenvalue weighted by Gasteiger charge is -2.07. The molecular formula is C11H15ClN6. The summed E-state index contributed by atoms with van der Waals surface area (Å²) < 4.78 is 1.63. The van der Waals surface area contributed by atoms with Crippen LogP contribution in [0.25, 0.3) is 5.82 Å². The van der Waals surface area contributed by atoms with E-state index < -0.39 is 0 Å². The molecule has 0 atom stereocenters. The fourth-order valence-electron chi connectivity index (χ4n) is 1.63. The zero-order valence-electron chi connectivity index (χ0n) is 10.6. The van der Waals surface area contributed by atoms with Crippen molar-refractivity contribution in [1.82, 2.24) is 24.6 Å². The van der Waals surface area contributed by atoms with Crippen molar-refractivity contribution in [2.24, 2.45) is 0 Å². The van der Waals surface area contributed by atoms with Crippen LogP contribution in [-0.2, 0) is 6.54 Å². The number of aryl methyl sites for hydroxylation is 1. The van der Waals surface area contributed by atoms with Gasteiger partial charge in [0.05, 0.1) is 11.9 Å². The highest BCUT2D eigenvalue weighted by molar-refractivity contribution is 6.32. The summed E-state index contributed by atoms with van der Waals surface area (Å²) in [6.07, 6.45) is 3.38. The van der Waals surface area contributed by atoms with Gasteiger partial charge in [0.1, 0.15) is 5.02 Å². The highest BCUT2D eigenvalue weighted by Crippen LogP contribution is 2.19. The van der Waals surface area contributed by atoms with Gasteiger partial charge in [-0.1, -0.05) is 11.6 Å². The van der Waals surface area contributed by atoms with Gasteiger partial charge < -0.3 is 10.6 Å². The summed E-state index contributed by atoms with van der Waals surface area (Å²) in [4.78, 5) is 10.00. The maximum atomic E-state index is 6.05. The molecule has 0 aliphatic heterocycles. The Bertz CT molecular complexity index is 563. The third kappa shape index (κ3) is 2.60. The summed E-state index contributed by atoms with van der Waals surface area (Å²) in [6.45, 7) is 2.76. The van der Waals surface area contributed by atoms with Crippen LogP contribution in [0.5, 0.6) is 0 Å². The largest absolute Gasteiger partial charge is 0.368 e. The van der Waals surface area contributed by atoms with Gasteiger partial charge in [-0.2, -0.15) is 10.1 Å². The maximum Gasteiger partial charge on any atom is 0.222 e. The summed E-state index contributed by atoms with van der Waals surface area (Å²) in [7, 11) is 4.01. The molecule has 0 saturated heterocycles. The van der Waals surface area contributed by atoms with Crippen molar-refractivity contribution >= 4 is 17.5 Å². The summed E-state index contributed by atoms with van der Waals surface area (Å²) in [5.41, 5.74) is 7.62. The molecule has 96 valence electrons. The number of nitrogens with two attached hydrogens (primary N) is 1. The first-order valence-corrected chi connectivity index (χ1v) is 5.83. The second-order valence-corrected chi connectivity index (χ2v) is 4.73. The first-order valence-electron chi connectivity index (χ1n) is 5.45. The highest BCUT2D eigenvalue weighted by Gasteiger charge is 2.11. The molecule has 2 aromatic rings. The van der Waals surface area contributed by atoms with Gasteiger partial charge in [0.15, 0.2) is 5.82 Å². The van der Waals surface area contributed by atoms with Crippen LogP contribution in [0.15, 0.2) is 12.4 Å². The summed E-state index contributed by atoms with van der Waals surface area (Å²) in [6, 6.07) is 0. The zero-order chi connectivity index (χ0) is 13.3. The molecule has 0 aliphatic carbocycles. The molecule has 0 saturated carbocycles. The topological polar surface area (TPSA) is 72.9 Å². The third-order valence-electron chi connectivity index (χ3n) is 2.45. The fourth-order valence-corrected chi connectivity index (χ4v) is 1.81. The Morgan fingerprint density at radius 3 is 2.83 bits per heavy atom. The third-order valence-corrected chi connectivity index (χ3v) is 2.72. The van der Waals surface area contributed by atoms with Crippen molar-refractivity contribution in [1.29, 1.82) is 0 Å². The average Bonchev–Trinajstić information content (AvgIpc) is 2.63. The molecule has 0 bridgehead atoms. The normalized spacial score (nSPS) is 11.2. The van der Waals surface area contributed by atoms with E-state index in [0.717, 1.165) is 17.8 Å². The van der Waals surface area contributed by atoms with Crippen molar-refractivity contribution in [3.63, 3.8) is 0 Å². The minimum atomic E-state index is 0.178. The lowest BCUT2D eigenvalue weighted by molar-refractivity contribution is 0.401. The number of anilines is 1. The molecule has 0 spiro atoms. The van der Waals surface area contributed by atoms with Crippen LogP contribution in [0, 0.1) is 6.92 Å². The molecule has 18 heavy (non-hydrogen) atoms. The fraction of sp³-hybridized carbons (Fsp3) is 0.364. The Labute approximate surface area is 110 Å². The van der Waals surface area contributed by atoms with E-state index in [9.17, 15) is 0 Å². The second kappa shape index (κ2) is 4.91. The van der Waals surface area contributed by atoms with Gasteiger partial charge in [-0.25, -0.2) is 9.67 Å². The van der Waals surface area contributed by atoms with Crippen molar-refractivity contribution in [2.45, 2.75) is 13.5 Å². The Balaban J connectivity index is 2.42. The Morgan fingerprint density at radius 1 is 1.44 bits per heavy atom. The summed E-state index contributed by atoms with van der Waals surface area (Å²) in [5.74, 6) is 0.675. The smallest absolute Gasteiger partial charge is 0.222 e. The molecule has 0 aromatic carbocycles. The lowest BCUT2D eigenvalue weighted by atomic mass is 10.2. The molecule has 6 nitrogen and oxygen atoms in total. The predicted molar refractivity (Wildman–Crippen MR) is 70.7 cm³/mol. The molecule has 7 heteroatoms. The first-order chi connectivity index (χ1) is 8.47. The van der Waals surface area contributed by atoms with Gasteiger partial charge in [0, 0.05) is 18.3 Å². The predicted octanol–water partition coefficient (Wildman–Crippen LogP) is 1.27. The number of nitrogen functional groups attached to an aromatic ring is 1. The number of halogens is 1. The quantitative estimate of drug-likeness (QED) is 0.906. The number of nitrogens with zero attached hydrogens (tertiary/aromatic N) is 5. The van der Waals surface area contributed by atoms with Gasteiger partial charge in [0.25, 0.3) is 0 Å². The van der Waals surface area contributed by atoms with Crippen LogP contribution in [0.3, 0.4) is 0 Å². The van der Waals surface area contributed by atoms with Crippen molar-refractivity contribution in [2.75, 3.05) is 19.8 Å². The van der Waals surface area contributed by atoms with Gasteiger partial charge in [-0.05, 0) is 21.0 Å². The first kappa shape index (κ1) is 12.8. The summed E-state index contributed by atoms with van der Waals surface area (Å²) in [5, 5.41) is 4.82. The summed E-state index contributed by atoms with van der Waals surface area (Å²) >= 11 is 6.05. The van der Waals surface area contributed by atoms with E-state index in [1.54, 1.807) is 4.68 Å². The van der Waals surface area contributed by atoms with Crippen molar-refractivity contribution in [3.05, 3.63) is 28.7 Å². The van der Waals surface area contributed by atoms with E-state index in [1.807, 2.05) is 27.2 Å². The van der Waals surface area contributed by atoms with Crippen LogP contribution in [0.4, 0.5) is 5.95 Å². The molecule has 2 N–H and O–H groups in total. The SMILES string of the molecule is Cc1nn(-c2nc(N)ncc2Cl)cc1CN(C)C. The van der Waals surface area contributed by atoms with Crippen LogP contribution >= 0.6 is 11.6 Å². The minimum absolute atomic E-state index is 0.178. The standard InChI is InChI=1S/C11H15ClN6/c1-7-8(5-17(2)3)6-18(16-7)10-9(12)4-14-11(13)15-10/h4,6H,5H2,1-3H3,(H2,13,14,15). The Kier molecular flexibility index (Phi) is 3.49. The van der Waals surface area contributed by atoms with Crippen LogP contribution in [-0.4, -0.2) is 38.7 Å². The van der Waals surface area contributed by atoms with Gasteiger partial charge in [0.2, 0.25) is 5.95 Å². The van der Waals surface area contributed by atoms with Gasteiger partial charge >= 0.3 is 0 Å². The van der Waals surface area contributed by atoms with Crippen molar-refractivity contribution in [3.8, 4) is 5.82 Å². The van der Waals surface area contributed by atoms with E-state index in [-0.39, 0.29) is 5.95 Å². The average molecular weight is 267 g/mol. The molecule has 2 rings (SSSR count). The van der Waals surface area contributed by atoms with E-state index >= 15 is 0 Å². The molecule has 0 amide bonds. The van der Waals surface area contributed by atoms with E-state index in [2.05, 4.69) is 20.0 Å². The molecule has 0 fully saturated rings.